The molecule has 5 N–H and O–H groups in total. The fraction of sp³-hybridized carbons (Fsp3) is 0.800. The second-order valence-corrected chi connectivity index (χ2v) is 11.1. The van der Waals surface area contributed by atoms with Gasteiger partial charge in [-0.1, -0.05) is 48.5 Å². The van der Waals surface area contributed by atoms with E-state index in [-0.39, 0.29) is 42.1 Å². The van der Waals surface area contributed by atoms with E-state index < -0.39 is 5.54 Å². The molecule has 0 bridgehead atoms. The van der Waals surface area contributed by atoms with Crippen LogP contribution in [0.4, 0.5) is 0 Å². The number of amides is 1. The van der Waals surface area contributed by atoms with Gasteiger partial charge in [0, 0.05) is 18.4 Å². The van der Waals surface area contributed by atoms with Gasteiger partial charge in [0.2, 0.25) is 5.91 Å². The van der Waals surface area contributed by atoms with Crippen molar-refractivity contribution in [3.8, 4) is 0 Å². The van der Waals surface area contributed by atoms with E-state index in [4.69, 9.17) is 29.3 Å². The number of hydrogen-bond donors (Lipinski definition) is 5. The molecule has 0 saturated carbocycles. The minimum Gasteiger partial charge on any atom is -0.483 e. The third-order valence-corrected chi connectivity index (χ3v) is 4.07. The van der Waals surface area contributed by atoms with E-state index in [0.717, 1.165) is 38.5 Å². The van der Waals surface area contributed by atoms with Crippen LogP contribution in [0.2, 0.25) is 0 Å². The van der Waals surface area contributed by atoms with Gasteiger partial charge in [-0.15, -0.1) is 0 Å². The second kappa shape index (κ2) is 37.3. The SMILES string of the molecule is CC.CC(C)(C)CC(C)(C)C=O.CNCCCC(=O)NC(C)(C)C=O.CNCCOCCOCC(C)=O.O=CO.O=CO. The monoisotopic (exact) mass is 625 g/mol. The van der Waals surface area contributed by atoms with Crippen molar-refractivity contribution < 1.29 is 48.5 Å². The minimum absolute atomic E-state index is 0.0465. The lowest BCUT2D eigenvalue weighted by molar-refractivity contribution is -0.126. The van der Waals surface area contributed by atoms with E-state index in [1.807, 2.05) is 41.8 Å². The van der Waals surface area contributed by atoms with Gasteiger partial charge >= 0.3 is 0 Å². The summed E-state index contributed by atoms with van der Waals surface area (Å²) in [5.41, 5.74) is -0.639. The maximum absolute atomic E-state index is 11.2. The molecular formula is C30H63N3O10. The molecule has 0 aromatic carbocycles. The molecule has 13 heteroatoms. The average Bonchev–Trinajstić information content (AvgIpc) is 2.89. The Balaban J connectivity index is -0.000000107. The topological polar surface area (TPSA) is 197 Å². The number of aldehydes is 2. The maximum atomic E-state index is 11.2. The zero-order chi connectivity index (χ0) is 35.4. The number of rotatable bonds is 16. The first-order valence-electron chi connectivity index (χ1n) is 14.2. The predicted molar refractivity (Wildman–Crippen MR) is 170 cm³/mol. The highest BCUT2D eigenvalue weighted by molar-refractivity contribution is 5.81. The lowest BCUT2D eigenvalue weighted by atomic mass is 9.77. The number of Topliss-reactive ketones (excluding diaryl/α,β-unsaturated/α-hetero) is 1. The van der Waals surface area contributed by atoms with Crippen LogP contribution in [0.1, 0.15) is 88.5 Å². The highest BCUT2D eigenvalue weighted by Crippen LogP contribution is 2.30. The summed E-state index contributed by atoms with van der Waals surface area (Å²) in [6.07, 6.45) is 3.97. The van der Waals surface area contributed by atoms with Crippen molar-refractivity contribution in [3.05, 3.63) is 0 Å². The summed E-state index contributed by atoms with van der Waals surface area (Å²) in [6.45, 7) is 22.3. The predicted octanol–water partition coefficient (Wildman–Crippen LogP) is 2.98. The molecule has 0 atom stereocenters. The molecule has 0 aromatic rings. The van der Waals surface area contributed by atoms with Gasteiger partial charge in [0.25, 0.3) is 12.9 Å². The minimum atomic E-state index is -0.739. The fourth-order valence-electron chi connectivity index (χ4n) is 2.90. The van der Waals surface area contributed by atoms with Gasteiger partial charge in [0.05, 0.1) is 25.4 Å². The van der Waals surface area contributed by atoms with Crippen molar-refractivity contribution in [3.63, 3.8) is 0 Å². The van der Waals surface area contributed by atoms with E-state index >= 15 is 0 Å². The zero-order valence-corrected chi connectivity index (χ0v) is 28.8. The number of hydrogen-bond acceptors (Lipinski definition) is 10. The van der Waals surface area contributed by atoms with Gasteiger partial charge < -0.3 is 45.2 Å². The van der Waals surface area contributed by atoms with E-state index in [1.165, 1.54) is 6.92 Å². The van der Waals surface area contributed by atoms with Crippen LogP contribution in [0.5, 0.6) is 0 Å². The summed E-state index contributed by atoms with van der Waals surface area (Å²) >= 11 is 0. The number of carbonyl (C=O) groups is 6. The number of carbonyl (C=O) groups excluding carboxylic acids is 4. The zero-order valence-electron chi connectivity index (χ0n) is 28.8. The largest absolute Gasteiger partial charge is 0.483 e. The Bertz CT molecular complexity index is 659. The molecule has 0 rings (SSSR count). The summed E-state index contributed by atoms with van der Waals surface area (Å²) in [6, 6.07) is 0. The van der Waals surface area contributed by atoms with Crippen molar-refractivity contribution in [1.82, 2.24) is 16.0 Å². The van der Waals surface area contributed by atoms with Crippen LogP contribution in [0.25, 0.3) is 0 Å². The molecule has 0 heterocycles. The molecule has 258 valence electrons. The van der Waals surface area contributed by atoms with Gasteiger partial charge in [-0.2, -0.15) is 0 Å². The molecule has 0 spiro atoms. The van der Waals surface area contributed by atoms with Crippen molar-refractivity contribution in [2.45, 2.75) is 94.0 Å². The first-order valence-corrected chi connectivity index (χ1v) is 14.2. The number of likely N-dealkylation sites (N-methyl/N-ethyl adjacent to an activating group) is 1. The quantitative estimate of drug-likeness (QED) is 0.124. The highest BCUT2D eigenvalue weighted by atomic mass is 16.5. The lowest BCUT2D eigenvalue weighted by Crippen LogP contribution is -2.44. The van der Waals surface area contributed by atoms with Crippen molar-refractivity contribution in [1.29, 1.82) is 0 Å². The van der Waals surface area contributed by atoms with Crippen LogP contribution in [-0.4, -0.2) is 107 Å². The molecule has 0 saturated heterocycles. The molecule has 0 aliphatic rings. The molecule has 0 radical (unpaired) electrons. The smallest absolute Gasteiger partial charge is 0.290 e. The van der Waals surface area contributed by atoms with E-state index in [0.29, 0.717) is 26.2 Å². The van der Waals surface area contributed by atoms with Crippen molar-refractivity contribution >= 4 is 37.2 Å². The maximum Gasteiger partial charge on any atom is 0.290 e. The molecule has 0 fully saturated rings. The van der Waals surface area contributed by atoms with Crippen LogP contribution in [-0.2, 0) is 38.2 Å². The molecule has 1 amide bonds. The molecule has 0 unspecified atom stereocenters. The van der Waals surface area contributed by atoms with Crippen LogP contribution in [0, 0.1) is 10.8 Å². The first-order chi connectivity index (χ1) is 19.9. The lowest BCUT2D eigenvalue weighted by Gasteiger charge is -2.27. The summed E-state index contributed by atoms with van der Waals surface area (Å²) in [5, 5.41) is 22.3. The molecular weight excluding hydrogens is 562 g/mol. The number of carboxylic acid groups (broad SMARTS) is 2. The standard InChI is InChI=1S/C9H18N2O2.C9H18O.C8H17NO3.C2H6.2CH2O2/c1-9(2,7-12)11-8(13)5-4-6-10-3;1-8(2,3)6-9(4,5)7-10;1-8(10)7-12-6-5-11-4-3-9-2;1-2;2*2-1-3/h7,10H,4-6H2,1-3H3,(H,11,13);7H,6H2,1-5H3;9H,3-7H2,1-2H3;1-2H3;2*1H,(H,2,3). The number of ether oxygens (including phenoxy) is 2. The normalized spacial score (nSPS) is 9.95. The highest BCUT2D eigenvalue weighted by Gasteiger charge is 2.24. The molecule has 0 aliphatic heterocycles. The second-order valence-electron chi connectivity index (χ2n) is 11.1. The summed E-state index contributed by atoms with van der Waals surface area (Å²) in [5.74, 6) is -0.0300. The van der Waals surface area contributed by atoms with E-state index in [9.17, 15) is 19.2 Å². The Labute approximate surface area is 260 Å². The summed E-state index contributed by atoms with van der Waals surface area (Å²) in [7, 11) is 3.71. The molecule has 0 aliphatic carbocycles. The number of ketones is 1. The van der Waals surface area contributed by atoms with Crippen LogP contribution in [0.3, 0.4) is 0 Å². The summed E-state index contributed by atoms with van der Waals surface area (Å²) in [4.78, 5) is 59.3. The van der Waals surface area contributed by atoms with Gasteiger partial charge in [0.1, 0.15) is 19.2 Å². The van der Waals surface area contributed by atoms with E-state index in [2.05, 4.69) is 36.7 Å². The molecule has 0 aromatic heterocycles. The fourth-order valence-corrected chi connectivity index (χ4v) is 2.90. The summed E-state index contributed by atoms with van der Waals surface area (Å²) < 4.78 is 10.1. The van der Waals surface area contributed by atoms with Gasteiger partial charge in [-0.3, -0.25) is 19.2 Å². The van der Waals surface area contributed by atoms with Crippen LogP contribution < -0.4 is 16.0 Å². The Kier molecular flexibility index (Phi) is 45.8. The molecule has 13 nitrogen and oxygen atoms in total. The Morgan fingerprint density at radius 3 is 1.51 bits per heavy atom. The third kappa shape index (κ3) is 68.2. The average molecular weight is 626 g/mol. The van der Waals surface area contributed by atoms with Crippen LogP contribution in [0.15, 0.2) is 0 Å². The third-order valence-electron chi connectivity index (χ3n) is 4.07. The van der Waals surface area contributed by atoms with Crippen molar-refractivity contribution in [2.24, 2.45) is 10.8 Å². The Morgan fingerprint density at radius 2 is 1.19 bits per heavy atom. The van der Waals surface area contributed by atoms with Crippen molar-refractivity contribution in [2.75, 3.05) is 53.6 Å². The van der Waals surface area contributed by atoms with Crippen LogP contribution >= 0.6 is 0 Å². The van der Waals surface area contributed by atoms with Gasteiger partial charge in [-0.25, -0.2) is 0 Å². The Morgan fingerprint density at radius 1 is 0.744 bits per heavy atom. The van der Waals surface area contributed by atoms with Gasteiger partial charge in [0.15, 0.2) is 5.78 Å². The first kappa shape index (κ1) is 52.9. The Hall–Kier alpha value is -2.74. The van der Waals surface area contributed by atoms with E-state index in [1.54, 1.807) is 13.8 Å². The number of nitrogens with one attached hydrogen (secondary N) is 3. The van der Waals surface area contributed by atoms with Gasteiger partial charge in [-0.05, 0) is 59.7 Å². The molecule has 43 heavy (non-hydrogen) atoms.